The lowest BCUT2D eigenvalue weighted by Crippen LogP contribution is -2.77. The fourth-order valence-corrected chi connectivity index (χ4v) is 20.6. The zero-order chi connectivity index (χ0) is 75.1. The molecule has 11 fully saturated rings. The van der Waals surface area contributed by atoms with Crippen molar-refractivity contribution in [3.63, 3.8) is 0 Å². The zero-order valence-corrected chi connectivity index (χ0v) is 60.0. The van der Waals surface area contributed by atoms with Crippen molar-refractivity contribution in [3.05, 3.63) is 23.3 Å². The van der Waals surface area contributed by atoms with Gasteiger partial charge in [0.05, 0.1) is 48.6 Å². The average Bonchev–Trinajstić information content (AvgIpc) is 1.40. The molecule has 582 valence electrons. The van der Waals surface area contributed by atoms with E-state index in [1.165, 1.54) is 13.8 Å². The molecule has 32 heteroatoms. The van der Waals surface area contributed by atoms with Gasteiger partial charge in [-0.05, 0) is 121 Å². The molecule has 0 aromatic carbocycles. The maximum absolute atomic E-state index is 14.1. The number of esters is 2. The maximum Gasteiger partial charge on any atom is 0.335 e. The Morgan fingerprint density at radius 3 is 1.53 bits per heavy atom. The molecular weight excluding hydrogens is 1350 g/mol. The zero-order valence-electron chi connectivity index (χ0n) is 60.0. The van der Waals surface area contributed by atoms with Gasteiger partial charge >= 0.3 is 17.9 Å². The van der Waals surface area contributed by atoms with Crippen LogP contribution in [0.5, 0.6) is 0 Å². The molecule has 5 saturated carbocycles. The second kappa shape index (κ2) is 29.0. The monoisotopic (exact) mass is 1460 g/mol. The number of rotatable bonds is 17. The Bertz CT molecular complexity index is 3080. The van der Waals surface area contributed by atoms with Crippen LogP contribution in [0.25, 0.3) is 0 Å². The Kier molecular flexibility index (Phi) is 22.7. The standard InChI is InChI=1S/C70H110O32/c1-14-26(3)56(87)100-53-54(101-57(88)27(4)15-2)70-34(22-64(53,7)8)69(102-63(70)89)21-17-33-66(11)19-18-36(65(9,10)32(66)16-20-67(33,12)68(69,13)23-35(70)73)94-62-52(99-59-46(83)42(79)39(76)30(24-71)92-59)48(47(84)49(96-62)55(85)86)95-61-51(44(81)40(77)31(25-72)93-61)98-60-50(43(80)38(75)29(6)91-60)97-58-45(82)41(78)37(74)28(5)90-58/h14-15,28-54,58-63,71-84,89H,16-25H2,1-13H3,(H,85,86)/b26-14-,27-15-/t28?,29?,30?,31?,32?,33?,34?,35-,36+,37+,38+,39+,40+,41?,42?,43?,44?,45+,46+,47+,48?,49?,50+,51+,52+,53+,54+,58+,59+,60+,61+,62-,63+,66+,67-,68+,69+,70-/m1/s1. The summed E-state index contributed by atoms with van der Waals surface area (Å²) in [4.78, 5) is 41.3. The molecule has 13 unspecified atom stereocenters. The van der Waals surface area contributed by atoms with Crippen LogP contribution in [0.1, 0.15) is 141 Å². The third-order valence-electron chi connectivity index (χ3n) is 26.8. The Morgan fingerprint density at radius 1 is 0.480 bits per heavy atom. The molecule has 6 heterocycles. The fourth-order valence-electron chi connectivity index (χ4n) is 20.6. The van der Waals surface area contributed by atoms with Crippen molar-refractivity contribution < 1.29 is 158 Å². The lowest BCUT2D eigenvalue weighted by molar-refractivity contribution is -0.412. The molecular formula is C70H110O32. The minimum Gasteiger partial charge on any atom is -0.479 e. The molecule has 5 aliphatic carbocycles. The van der Waals surface area contributed by atoms with Crippen LogP contribution in [0.4, 0.5) is 0 Å². The lowest BCUT2D eigenvalue weighted by atomic mass is 9.30. The van der Waals surface area contributed by atoms with Gasteiger partial charge in [-0.1, -0.05) is 60.6 Å². The molecule has 6 saturated heterocycles. The SMILES string of the molecule is C/C=C(/C)C(=O)O[C@H]1[C@H](OC(=O)/C(C)=C\C)[C@@]23C(CC1(C)C)[C@]1(CCC4[C@@]5(C)CC[C@H](O[C@@H]6OC(C(=O)O)[C@@H](O)C(O[C@@H]7OC(CO)[C@H](O)C(O)[C@@H]7O[C@@H]7OC(C)[C@H](O)C(O)[C@@H]7O[C@@H]7OC(C)[C@H](O)C(O)[C@@H]7O)[C@@H]6O[C@@H]6OC(CO)[C@H](O)C(O)[C@@H]6O)C(C)(C)C5CC[C@@]4(C)[C@]1(C)C[C@H]2O)O[C@@H]3O. The summed E-state index contributed by atoms with van der Waals surface area (Å²) in [5.41, 5.74) is -6.01. The topological polar surface area (TPSA) is 495 Å². The molecule has 0 amide bonds. The summed E-state index contributed by atoms with van der Waals surface area (Å²) in [5.74, 6) is -4.06. The summed E-state index contributed by atoms with van der Waals surface area (Å²) in [6.45, 7) is 21.8. The van der Waals surface area contributed by atoms with E-state index in [9.17, 15) is 96.1 Å². The minimum atomic E-state index is -2.37. The van der Waals surface area contributed by atoms with Gasteiger partial charge in [-0.2, -0.15) is 0 Å². The highest BCUT2D eigenvalue weighted by Crippen LogP contribution is 2.82. The van der Waals surface area contributed by atoms with Crippen molar-refractivity contribution in [2.45, 2.75) is 331 Å². The van der Waals surface area contributed by atoms with Gasteiger partial charge in [-0.15, -0.1) is 0 Å². The van der Waals surface area contributed by atoms with Gasteiger partial charge in [0.25, 0.3) is 0 Å². The van der Waals surface area contributed by atoms with Gasteiger partial charge in [-0.3, -0.25) is 0 Å². The molecule has 11 rings (SSSR count). The predicted molar refractivity (Wildman–Crippen MR) is 343 cm³/mol. The number of carboxylic acid groups (broad SMARTS) is 1. The molecule has 0 radical (unpaired) electrons. The average molecular weight is 1460 g/mol. The Morgan fingerprint density at radius 2 is 0.951 bits per heavy atom. The van der Waals surface area contributed by atoms with Gasteiger partial charge in [0.2, 0.25) is 0 Å². The number of fused-ring (bicyclic) bond motifs is 4. The van der Waals surface area contributed by atoms with Crippen LogP contribution < -0.4 is 0 Å². The molecule has 38 atom stereocenters. The van der Waals surface area contributed by atoms with Gasteiger partial charge in [0.1, 0.15) is 110 Å². The Hall–Kier alpha value is -3.15. The van der Waals surface area contributed by atoms with Gasteiger partial charge < -0.3 is 143 Å². The van der Waals surface area contributed by atoms with Crippen LogP contribution in [0.2, 0.25) is 0 Å². The number of carbonyl (C=O) groups is 3. The van der Waals surface area contributed by atoms with E-state index in [-0.39, 0.29) is 30.3 Å². The molecule has 16 N–H and O–H groups in total. The quantitative estimate of drug-likeness (QED) is 0.0422. The summed E-state index contributed by atoms with van der Waals surface area (Å²) >= 11 is 0. The molecule has 2 bridgehead atoms. The highest BCUT2D eigenvalue weighted by Gasteiger charge is 2.86. The van der Waals surface area contributed by atoms with Crippen LogP contribution in [-0.4, -0.2) is 303 Å². The van der Waals surface area contributed by atoms with E-state index in [1.807, 2.05) is 27.7 Å². The van der Waals surface area contributed by atoms with E-state index >= 15 is 0 Å². The van der Waals surface area contributed by atoms with Crippen molar-refractivity contribution in [2.24, 2.45) is 50.2 Å². The van der Waals surface area contributed by atoms with Crippen molar-refractivity contribution in [2.75, 3.05) is 13.2 Å². The number of carbonyl (C=O) groups excluding carboxylic acids is 2. The third kappa shape index (κ3) is 12.6. The molecule has 1 spiro atoms. The van der Waals surface area contributed by atoms with Crippen molar-refractivity contribution in [1.82, 2.24) is 0 Å². The molecule has 102 heavy (non-hydrogen) atoms. The summed E-state index contributed by atoms with van der Waals surface area (Å²) < 4.78 is 81.9. The number of hydrogen-bond donors (Lipinski definition) is 16. The Labute approximate surface area is 591 Å². The van der Waals surface area contributed by atoms with E-state index in [1.54, 1.807) is 39.8 Å². The summed E-state index contributed by atoms with van der Waals surface area (Å²) in [7, 11) is 0. The second-order valence-electron chi connectivity index (χ2n) is 32.8. The first kappa shape index (κ1) is 79.9. The smallest absolute Gasteiger partial charge is 0.335 e. The number of hydrogen-bond acceptors (Lipinski definition) is 31. The predicted octanol–water partition coefficient (Wildman–Crippen LogP) is -2.08. The number of aliphatic hydroxyl groups is 15. The number of ether oxygens (including phenoxy) is 13. The van der Waals surface area contributed by atoms with Crippen molar-refractivity contribution in [3.8, 4) is 0 Å². The van der Waals surface area contributed by atoms with Crippen LogP contribution in [0.3, 0.4) is 0 Å². The van der Waals surface area contributed by atoms with Crippen LogP contribution in [0.15, 0.2) is 23.3 Å². The second-order valence-corrected chi connectivity index (χ2v) is 32.8. The molecule has 6 aliphatic heterocycles. The van der Waals surface area contributed by atoms with E-state index in [0.717, 1.165) is 0 Å². The molecule has 11 aliphatic rings. The summed E-state index contributed by atoms with van der Waals surface area (Å²) in [5, 5.41) is 182. The molecule has 32 nitrogen and oxygen atoms in total. The first-order valence-corrected chi connectivity index (χ1v) is 35.8. The third-order valence-corrected chi connectivity index (χ3v) is 26.8. The number of allylic oxidation sites excluding steroid dienone is 2. The normalized spacial score (nSPS) is 53.0. The first-order valence-electron chi connectivity index (χ1n) is 35.8. The van der Waals surface area contributed by atoms with E-state index in [4.69, 9.17) is 61.6 Å². The number of aliphatic carboxylic acids is 1. The van der Waals surface area contributed by atoms with Crippen molar-refractivity contribution >= 4 is 17.9 Å². The largest absolute Gasteiger partial charge is 0.479 e. The lowest BCUT2D eigenvalue weighted by Gasteiger charge is -2.75. The van der Waals surface area contributed by atoms with Crippen LogP contribution in [-0.2, 0) is 76.0 Å². The number of carboxylic acids is 1. The Balaban J connectivity index is 0.915. The van der Waals surface area contributed by atoms with Gasteiger partial charge in [-0.25, -0.2) is 14.4 Å². The van der Waals surface area contributed by atoms with E-state index < -0.39 is 259 Å². The first-order chi connectivity index (χ1) is 47.6. The minimum absolute atomic E-state index is 0.101. The van der Waals surface area contributed by atoms with E-state index in [2.05, 4.69) is 20.8 Å². The maximum atomic E-state index is 14.1. The number of aliphatic hydroxyl groups excluding tert-OH is 15. The van der Waals surface area contributed by atoms with Crippen LogP contribution >= 0.6 is 0 Å². The summed E-state index contributed by atoms with van der Waals surface area (Å²) in [6, 6.07) is 0. The highest BCUT2D eigenvalue weighted by atomic mass is 16.8. The molecule has 0 aromatic rings. The van der Waals surface area contributed by atoms with E-state index in [0.29, 0.717) is 44.1 Å². The van der Waals surface area contributed by atoms with Gasteiger partial charge in [0, 0.05) is 27.9 Å². The van der Waals surface area contributed by atoms with Crippen LogP contribution in [0, 0.1) is 50.2 Å². The summed E-state index contributed by atoms with van der Waals surface area (Å²) in [6.07, 6.45) is -48.3. The van der Waals surface area contributed by atoms with Crippen molar-refractivity contribution in [1.29, 1.82) is 0 Å². The van der Waals surface area contributed by atoms with Gasteiger partial charge in [0.15, 0.2) is 49.9 Å². The highest BCUT2D eigenvalue weighted by molar-refractivity contribution is 5.89. The molecule has 0 aromatic heterocycles. The fraction of sp³-hybridized carbons (Fsp3) is 0.900.